The second-order valence-corrected chi connectivity index (χ2v) is 5.46. The Morgan fingerprint density at radius 2 is 1.87 bits per heavy atom. The molecular formula is C19H18O4. The van der Waals surface area contributed by atoms with Crippen molar-refractivity contribution in [3.63, 3.8) is 0 Å². The molecule has 1 N–H and O–H groups in total. The normalized spacial score (nSPS) is 11.0. The van der Waals surface area contributed by atoms with E-state index < -0.39 is 5.97 Å². The van der Waals surface area contributed by atoms with Crippen molar-refractivity contribution in [2.75, 3.05) is 6.61 Å². The Labute approximate surface area is 134 Å². The van der Waals surface area contributed by atoms with Gasteiger partial charge in [-0.3, -0.25) is 0 Å². The molecule has 4 nitrogen and oxygen atoms in total. The number of aliphatic carboxylic acids is 1. The second-order valence-electron chi connectivity index (χ2n) is 5.46. The summed E-state index contributed by atoms with van der Waals surface area (Å²) in [4.78, 5) is 11.1. The van der Waals surface area contributed by atoms with E-state index in [0.717, 1.165) is 34.9 Å². The van der Waals surface area contributed by atoms with Crippen LogP contribution in [0.3, 0.4) is 0 Å². The van der Waals surface area contributed by atoms with Crippen LogP contribution in [0.25, 0.3) is 27.5 Å². The van der Waals surface area contributed by atoms with E-state index in [1.807, 2.05) is 18.2 Å². The van der Waals surface area contributed by atoms with Crippen molar-refractivity contribution in [2.45, 2.75) is 19.8 Å². The largest absolute Gasteiger partial charge is 0.494 e. The molecule has 0 radical (unpaired) electrons. The monoisotopic (exact) mass is 310 g/mol. The SMILES string of the molecule is C=C(C(=O)O)c1ccc2oc3ccc(OCCCC)cc3c2c1. The summed E-state index contributed by atoms with van der Waals surface area (Å²) in [5.41, 5.74) is 2.11. The Morgan fingerprint density at radius 3 is 2.57 bits per heavy atom. The topological polar surface area (TPSA) is 59.7 Å². The average molecular weight is 310 g/mol. The molecule has 1 aromatic heterocycles. The smallest absolute Gasteiger partial charge is 0.335 e. The van der Waals surface area contributed by atoms with E-state index in [0.29, 0.717) is 17.8 Å². The summed E-state index contributed by atoms with van der Waals surface area (Å²) in [5, 5.41) is 10.9. The fourth-order valence-corrected chi connectivity index (χ4v) is 2.49. The van der Waals surface area contributed by atoms with Crippen molar-refractivity contribution in [3.8, 4) is 5.75 Å². The van der Waals surface area contributed by atoms with Gasteiger partial charge in [-0.05, 0) is 42.3 Å². The first-order chi connectivity index (χ1) is 11.1. The Bertz CT molecular complexity index is 889. The maximum absolute atomic E-state index is 11.1. The number of ether oxygens (including phenoxy) is 1. The predicted octanol–water partition coefficient (Wildman–Crippen LogP) is 4.86. The molecule has 0 aliphatic rings. The van der Waals surface area contributed by atoms with Crippen molar-refractivity contribution < 1.29 is 19.1 Å². The molecule has 118 valence electrons. The molecule has 4 heteroatoms. The number of benzene rings is 2. The minimum absolute atomic E-state index is 0.0663. The highest BCUT2D eigenvalue weighted by Gasteiger charge is 2.12. The second kappa shape index (κ2) is 6.16. The zero-order chi connectivity index (χ0) is 16.4. The third-order valence-electron chi connectivity index (χ3n) is 3.81. The van der Waals surface area contributed by atoms with Gasteiger partial charge in [0.2, 0.25) is 0 Å². The maximum atomic E-state index is 11.1. The molecule has 0 bridgehead atoms. The molecule has 0 aliphatic heterocycles. The van der Waals surface area contributed by atoms with Gasteiger partial charge in [0, 0.05) is 10.8 Å². The van der Waals surface area contributed by atoms with Gasteiger partial charge < -0.3 is 14.3 Å². The summed E-state index contributed by atoms with van der Waals surface area (Å²) in [6, 6.07) is 11.0. The minimum atomic E-state index is -1.03. The quantitative estimate of drug-likeness (QED) is 0.521. The number of hydrogen-bond donors (Lipinski definition) is 1. The first-order valence-corrected chi connectivity index (χ1v) is 7.62. The number of hydrogen-bond acceptors (Lipinski definition) is 3. The number of fused-ring (bicyclic) bond motifs is 3. The van der Waals surface area contributed by atoms with Gasteiger partial charge >= 0.3 is 5.97 Å². The average Bonchev–Trinajstić information content (AvgIpc) is 2.91. The summed E-state index contributed by atoms with van der Waals surface area (Å²) >= 11 is 0. The first kappa shape index (κ1) is 15.2. The Hall–Kier alpha value is -2.75. The molecule has 3 aromatic rings. The van der Waals surface area contributed by atoms with Gasteiger partial charge in [-0.25, -0.2) is 4.79 Å². The van der Waals surface area contributed by atoms with E-state index in [-0.39, 0.29) is 5.57 Å². The summed E-state index contributed by atoms with van der Waals surface area (Å²) in [6.07, 6.45) is 2.09. The minimum Gasteiger partial charge on any atom is -0.494 e. The van der Waals surface area contributed by atoms with Crippen molar-refractivity contribution >= 4 is 33.5 Å². The Morgan fingerprint density at radius 1 is 1.17 bits per heavy atom. The van der Waals surface area contributed by atoms with Gasteiger partial charge in [0.25, 0.3) is 0 Å². The van der Waals surface area contributed by atoms with Crippen LogP contribution in [0.5, 0.6) is 5.75 Å². The van der Waals surface area contributed by atoms with Crippen molar-refractivity contribution in [3.05, 3.63) is 48.5 Å². The number of carboxylic acids is 1. The van der Waals surface area contributed by atoms with Crippen LogP contribution in [0.2, 0.25) is 0 Å². The third-order valence-corrected chi connectivity index (χ3v) is 3.81. The van der Waals surface area contributed by atoms with Gasteiger partial charge in [-0.15, -0.1) is 0 Å². The van der Waals surface area contributed by atoms with Gasteiger partial charge in [0.15, 0.2) is 0 Å². The third kappa shape index (κ3) is 2.93. The van der Waals surface area contributed by atoms with E-state index >= 15 is 0 Å². The summed E-state index contributed by atoms with van der Waals surface area (Å²) in [7, 11) is 0. The standard InChI is InChI=1S/C19H18O4/c1-3-4-9-22-14-6-8-18-16(11-14)15-10-13(12(2)19(20)21)5-7-17(15)23-18/h5-8,10-11H,2-4,9H2,1H3,(H,20,21). The molecule has 23 heavy (non-hydrogen) atoms. The molecule has 0 spiro atoms. The van der Waals surface area contributed by atoms with E-state index in [1.165, 1.54) is 0 Å². The van der Waals surface area contributed by atoms with Crippen LogP contribution >= 0.6 is 0 Å². The Kier molecular flexibility index (Phi) is 4.06. The molecule has 0 saturated carbocycles. The summed E-state index contributed by atoms with van der Waals surface area (Å²) in [6.45, 7) is 6.41. The lowest BCUT2D eigenvalue weighted by atomic mass is 10.0. The van der Waals surface area contributed by atoms with Crippen LogP contribution in [0.4, 0.5) is 0 Å². The molecule has 0 fully saturated rings. The Balaban J connectivity index is 2.05. The molecule has 0 unspecified atom stereocenters. The molecule has 3 rings (SSSR count). The van der Waals surface area contributed by atoms with E-state index in [4.69, 9.17) is 14.3 Å². The maximum Gasteiger partial charge on any atom is 0.335 e. The van der Waals surface area contributed by atoms with Gasteiger partial charge in [-0.2, -0.15) is 0 Å². The van der Waals surface area contributed by atoms with Crippen molar-refractivity contribution in [1.29, 1.82) is 0 Å². The highest BCUT2D eigenvalue weighted by atomic mass is 16.5. The number of carboxylic acid groups (broad SMARTS) is 1. The zero-order valence-corrected chi connectivity index (χ0v) is 13.0. The lowest BCUT2D eigenvalue weighted by molar-refractivity contribution is -0.130. The highest BCUT2D eigenvalue weighted by molar-refractivity contribution is 6.16. The van der Waals surface area contributed by atoms with Crippen LogP contribution in [0, 0.1) is 0 Å². The molecule has 0 atom stereocenters. The van der Waals surface area contributed by atoms with Crippen molar-refractivity contribution in [2.24, 2.45) is 0 Å². The number of rotatable bonds is 6. The molecule has 0 amide bonds. The lowest BCUT2D eigenvalue weighted by Gasteiger charge is -2.04. The van der Waals surface area contributed by atoms with Gasteiger partial charge in [-0.1, -0.05) is 26.0 Å². The van der Waals surface area contributed by atoms with Gasteiger partial charge in [0.05, 0.1) is 12.2 Å². The zero-order valence-electron chi connectivity index (χ0n) is 13.0. The van der Waals surface area contributed by atoms with E-state index in [1.54, 1.807) is 18.2 Å². The molecule has 1 heterocycles. The summed E-state index contributed by atoms with van der Waals surface area (Å²) in [5.74, 6) is -0.239. The van der Waals surface area contributed by atoms with Crippen LogP contribution in [0.1, 0.15) is 25.3 Å². The fourth-order valence-electron chi connectivity index (χ4n) is 2.49. The molecule has 2 aromatic carbocycles. The lowest BCUT2D eigenvalue weighted by Crippen LogP contribution is -1.97. The van der Waals surface area contributed by atoms with Crippen molar-refractivity contribution in [1.82, 2.24) is 0 Å². The number of carbonyl (C=O) groups is 1. The first-order valence-electron chi connectivity index (χ1n) is 7.62. The fraction of sp³-hybridized carbons (Fsp3) is 0.211. The number of unbranched alkanes of at least 4 members (excludes halogenated alkanes) is 1. The molecule has 0 saturated heterocycles. The molecule has 0 aliphatic carbocycles. The van der Waals surface area contributed by atoms with E-state index in [2.05, 4.69) is 13.5 Å². The van der Waals surface area contributed by atoms with Gasteiger partial charge in [0.1, 0.15) is 16.9 Å². The van der Waals surface area contributed by atoms with Crippen LogP contribution in [-0.2, 0) is 4.79 Å². The molecular weight excluding hydrogens is 292 g/mol. The van der Waals surface area contributed by atoms with Crippen LogP contribution in [-0.4, -0.2) is 17.7 Å². The number of furan rings is 1. The van der Waals surface area contributed by atoms with E-state index in [9.17, 15) is 4.79 Å². The summed E-state index contributed by atoms with van der Waals surface area (Å²) < 4.78 is 11.5. The highest BCUT2D eigenvalue weighted by Crippen LogP contribution is 2.33. The predicted molar refractivity (Wildman–Crippen MR) is 90.8 cm³/mol. The van der Waals surface area contributed by atoms with Crippen LogP contribution in [0.15, 0.2) is 47.4 Å². The van der Waals surface area contributed by atoms with Crippen LogP contribution < -0.4 is 4.74 Å².